The molecule has 96 valence electrons. The van der Waals surface area contributed by atoms with E-state index in [-0.39, 0.29) is 0 Å². The number of rotatable bonds is 8. The molecule has 0 saturated heterocycles. The van der Waals surface area contributed by atoms with Gasteiger partial charge in [0.25, 0.3) is 0 Å². The van der Waals surface area contributed by atoms with Gasteiger partial charge in [-0.2, -0.15) is 0 Å². The van der Waals surface area contributed by atoms with Crippen molar-refractivity contribution in [1.82, 2.24) is 10.2 Å². The molecule has 0 aliphatic rings. The van der Waals surface area contributed by atoms with Crippen LogP contribution in [0, 0.1) is 0 Å². The summed E-state index contributed by atoms with van der Waals surface area (Å²) in [6.07, 6.45) is 2.45. The van der Waals surface area contributed by atoms with Crippen LogP contribution in [-0.4, -0.2) is 43.0 Å². The lowest BCUT2D eigenvalue weighted by Crippen LogP contribution is -2.31. The Morgan fingerprint density at radius 1 is 1.25 bits per heavy atom. The minimum Gasteiger partial charge on any atom is -0.374 e. The first-order chi connectivity index (χ1) is 7.63. The molecule has 1 N–H and O–H groups in total. The summed E-state index contributed by atoms with van der Waals surface area (Å²) in [6, 6.07) is 0.383. The average Bonchev–Trinajstić information content (AvgIpc) is 2.26. The predicted octanol–water partition coefficient (Wildman–Crippen LogP) is 2.52. The standard InChI is InChI=1S/C13H29N3/c1-6-9-10-14-13(5)15-12(4)11-16(7-2)8-3/h12H,6-11H2,1-5H3,(H,14,15). The molecule has 3 nitrogen and oxygen atoms in total. The van der Waals surface area contributed by atoms with Crippen LogP contribution in [0.2, 0.25) is 0 Å². The lowest BCUT2D eigenvalue weighted by Gasteiger charge is -2.20. The molecule has 3 heteroatoms. The summed E-state index contributed by atoms with van der Waals surface area (Å²) >= 11 is 0. The molecule has 0 saturated carbocycles. The minimum absolute atomic E-state index is 0.383. The normalized spacial score (nSPS) is 14.2. The molecule has 1 atom stereocenters. The zero-order valence-electron chi connectivity index (χ0n) is 11.7. The molecule has 0 aliphatic carbocycles. The Kier molecular flexibility index (Phi) is 9.30. The molecule has 16 heavy (non-hydrogen) atoms. The number of hydrogen-bond acceptors (Lipinski definition) is 2. The quantitative estimate of drug-likeness (QED) is 0.392. The van der Waals surface area contributed by atoms with E-state index in [0.29, 0.717) is 6.04 Å². The Bertz CT molecular complexity index is 186. The van der Waals surface area contributed by atoms with E-state index in [0.717, 1.165) is 32.0 Å². The third-order valence-electron chi connectivity index (χ3n) is 2.74. The van der Waals surface area contributed by atoms with Crippen molar-refractivity contribution in [1.29, 1.82) is 0 Å². The zero-order chi connectivity index (χ0) is 12.4. The van der Waals surface area contributed by atoms with Crippen LogP contribution in [0.4, 0.5) is 0 Å². The highest BCUT2D eigenvalue weighted by atomic mass is 15.1. The van der Waals surface area contributed by atoms with Gasteiger partial charge in [-0.15, -0.1) is 0 Å². The van der Waals surface area contributed by atoms with Gasteiger partial charge in [0.2, 0.25) is 0 Å². The average molecular weight is 227 g/mol. The van der Waals surface area contributed by atoms with Crippen molar-refractivity contribution in [3.05, 3.63) is 0 Å². The van der Waals surface area contributed by atoms with E-state index in [2.05, 4.69) is 49.8 Å². The maximum atomic E-state index is 4.65. The van der Waals surface area contributed by atoms with E-state index < -0.39 is 0 Å². The molecule has 0 radical (unpaired) electrons. The number of nitrogens with one attached hydrogen (secondary N) is 1. The van der Waals surface area contributed by atoms with Crippen molar-refractivity contribution < 1.29 is 0 Å². The second kappa shape index (κ2) is 9.64. The smallest absolute Gasteiger partial charge is 0.0935 e. The fourth-order valence-corrected chi connectivity index (χ4v) is 1.72. The molecule has 0 fully saturated rings. The van der Waals surface area contributed by atoms with Crippen molar-refractivity contribution in [2.75, 3.05) is 26.2 Å². The summed E-state index contributed by atoms with van der Waals surface area (Å²) in [6.45, 7) is 15.2. The molecule has 0 rings (SSSR count). The van der Waals surface area contributed by atoms with Crippen molar-refractivity contribution in [2.24, 2.45) is 4.99 Å². The monoisotopic (exact) mass is 227 g/mol. The van der Waals surface area contributed by atoms with Crippen molar-refractivity contribution in [2.45, 2.75) is 53.5 Å². The Balaban J connectivity index is 3.89. The molecule has 0 spiro atoms. The molecule has 0 aromatic rings. The van der Waals surface area contributed by atoms with Crippen LogP contribution in [0.15, 0.2) is 4.99 Å². The van der Waals surface area contributed by atoms with E-state index in [1.54, 1.807) is 0 Å². The number of hydrogen-bond donors (Lipinski definition) is 1. The molecular formula is C13H29N3. The highest BCUT2D eigenvalue weighted by Gasteiger charge is 2.05. The van der Waals surface area contributed by atoms with E-state index in [1.807, 2.05) is 0 Å². The summed E-state index contributed by atoms with van der Waals surface area (Å²) in [7, 11) is 0. The number of likely N-dealkylation sites (N-methyl/N-ethyl adjacent to an activating group) is 1. The largest absolute Gasteiger partial charge is 0.374 e. The van der Waals surface area contributed by atoms with Gasteiger partial charge in [-0.25, -0.2) is 0 Å². The Labute approximate surface area is 101 Å². The van der Waals surface area contributed by atoms with Gasteiger partial charge in [0, 0.05) is 13.1 Å². The Morgan fingerprint density at radius 2 is 1.88 bits per heavy atom. The molecule has 0 bridgehead atoms. The third-order valence-corrected chi connectivity index (χ3v) is 2.74. The highest BCUT2D eigenvalue weighted by molar-refractivity contribution is 5.79. The summed E-state index contributed by atoms with van der Waals surface area (Å²) < 4.78 is 0. The van der Waals surface area contributed by atoms with Gasteiger partial charge in [0.1, 0.15) is 0 Å². The first-order valence-corrected chi connectivity index (χ1v) is 6.64. The molecule has 0 amide bonds. The second-order valence-electron chi connectivity index (χ2n) is 4.33. The van der Waals surface area contributed by atoms with Gasteiger partial charge in [-0.05, 0) is 33.4 Å². The van der Waals surface area contributed by atoms with E-state index >= 15 is 0 Å². The first kappa shape index (κ1) is 15.4. The van der Waals surface area contributed by atoms with Crippen molar-refractivity contribution in [3.8, 4) is 0 Å². The van der Waals surface area contributed by atoms with Crippen molar-refractivity contribution in [3.63, 3.8) is 0 Å². The van der Waals surface area contributed by atoms with Gasteiger partial charge in [-0.1, -0.05) is 27.2 Å². The predicted molar refractivity (Wildman–Crippen MR) is 73.3 cm³/mol. The number of amidine groups is 1. The molecule has 0 heterocycles. The van der Waals surface area contributed by atoms with Crippen molar-refractivity contribution >= 4 is 5.84 Å². The number of nitrogens with zero attached hydrogens (tertiary/aromatic N) is 2. The molecular weight excluding hydrogens is 198 g/mol. The Morgan fingerprint density at radius 3 is 2.38 bits per heavy atom. The summed E-state index contributed by atoms with van der Waals surface area (Å²) in [5.74, 6) is 1.08. The lowest BCUT2D eigenvalue weighted by molar-refractivity contribution is 0.289. The van der Waals surface area contributed by atoms with Crippen LogP contribution in [0.5, 0.6) is 0 Å². The maximum absolute atomic E-state index is 4.65. The van der Waals surface area contributed by atoms with E-state index in [1.165, 1.54) is 12.8 Å². The SMILES string of the molecule is CCCCN/C(C)=N/C(C)CN(CC)CC. The molecule has 0 aromatic heterocycles. The third kappa shape index (κ3) is 7.69. The molecule has 1 unspecified atom stereocenters. The molecule has 0 aliphatic heterocycles. The number of aliphatic imine (C=N–C) groups is 1. The van der Waals surface area contributed by atoms with Gasteiger partial charge in [-0.3, -0.25) is 4.99 Å². The first-order valence-electron chi connectivity index (χ1n) is 6.64. The van der Waals surface area contributed by atoms with Gasteiger partial charge < -0.3 is 10.2 Å². The Hall–Kier alpha value is -0.570. The summed E-state index contributed by atoms with van der Waals surface area (Å²) in [4.78, 5) is 7.06. The fourth-order valence-electron chi connectivity index (χ4n) is 1.72. The lowest BCUT2D eigenvalue weighted by atomic mass is 10.3. The fraction of sp³-hybridized carbons (Fsp3) is 0.923. The highest BCUT2D eigenvalue weighted by Crippen LogP contribution is 1.96. The van der Waals surface area contributed by atoms with Gasteiger partial charge in [0.05, 0.1) is 11.9 Å². The van der Waals surface area contributed by atoms with Crippen LogP contribution >= 0.6 is 0 Å². The summed E-state index contributed by atoms with van der Waals surface area (Å²) in [5.41, 5.74) is 0. The minimum atomic E-state index is 0.383. The van der Waals surface area contributed by atoms with Gasteiger partial charge in [0.15, 0.2) is 0 Å². The maximum Gasteiger partial charge on any atom is 0.0935 e. The van der Waals surface area contributed by atoms with E-state index in [4.69, 9.17) is 0 Å². The van der Waals surface area contributed by atoms with Crippen LogP contribution in [-0.2, 0) is 0 Å². The van der Waals surface area contributed by atoms with Crippen LogP contribution in [0.25, 0.3) is 0 Å². The topological polar surface area (TPSA) is 27.6 Å². The van der Waals surface area contributed by atoms with Gasteiger partial charge >= 0.3 is 0 Å². The molecule has 0 aromatic carbocycles. The summed E-state index contributed by atoms with van der Waals surface area (Å²) in [5, 5.41) is 3.36. The van der Waals surface area contributed by atoms with Crippen LogP contribution in [0.3, 0.4) is 0 Å². The number of unbranched alkanes of at least 4 members (excludes halogenated alkanes) is 1. The zero-order valence-corrected chi connectivity index (χ0v) is 11.7. The van der Waals surface area contributed by atoms with Crippen LogP contribution < -0.4 is 5.32 Å². The van der Waals surface area contributed by atoms with Crippen LogP contribution in [0.1, 0.15) is 47.5 Å². The van der Waals surface area contributed by atoms with E-state index in [9.17, 15) is 0 Å². The second-order valence-corrected chi connectivity index (χ2v) is 4.33.